The van der Waals surface area contributed by atoms with Gasteiger partial charge in [0.2, 0.25) is 0 Å². The predicted molar refractivity (Wildman–Crippen MR) is 78.9 cm³/mol. The Morgan fingerprint density at radius 3 is 2.18 bits per heavy atom. The number of hydrogen-bond acceptors (Lipinski definition) is 2. The van der Waals surface area contributed by atoms with Crippen LogP contribution in [0.3, 0.4) is 0 Å². The zero-order valence-corrected chi connectivity index (χ0v) is 12.9. The molecule has 1 aromatic carbocycles. The molecule has 3 heteroatoms. The van der Waals surface area contributed by atoms with Crippen LogP contribution in [0.25, 0.3) is 0 Å². The quantitative estimate of drug-likeness (QED) is 0.607. The molecule has 1 aromatic rings. The third kappa shape index (κ3) is 4.07. The summed E-state index contributed by atoms with van der Waals surface area (Å²) in [4.78, 5) is 14.4. The SMILES string of the molecule is CCC(C)(C)C(=O)Sc1ccc([S+](C)C)cc1. The minimum Gasteiger partial charge on any atom is -0.286 e. The van der Waals surface area contributed by atoms with Crippen LogP contribution in [0.1, 0.15) is 27.2 Å². The number of benzene rings is 1. The first-order chi connectivity index (χ1) is 7.86. The highest BCUT2D eigenvalue weighted by Crippen LogP contribution is 2.32. The molecule has 0 aliphatic carbocycles. The Morgan fingerprint density at radius 1 is 1.24 bits per heavy atom. The van der Waals surface area contributed by atoms with Crippen molar-refractivity contribution in [2.24, 2.45) is 5.41 Å². The van der Waals surface area contributed by atoms with Gasteiger partial charge in [-0.2, -0.15) is 0 Å². The van der Waals surface area contributed by atoms with Crippen molar-refractivity contribution in [1.82, 2.24) is 0 Å². The van der Waals surface area contributed by atoms with Gasteiger partial charge in [0, 0.05) is 21.2 Å². The second kappa shape index (κ2) is 5.96. The van der Waals surface area contributed by atoms with Gasteiger partial charge in [-0.25, -0.2) is 0 Å². The van der Waals surface area contributed by atoms with Crippen LogP contribution >= 0.6 is 11.8 Å². The zero-order valence-electron chi connectivity index (χ0n) is 11.2. The Bertz CT molecular complexity index is 380. The van der Waals surface area contributed by atoms with Crippen LogP contribution in [0.4, 0.5) is 0 Å². The Hall–Kier alpha value is -0.410. The number of thioether (sulfide) groups is 1. The summed E-state index contributed by atoms with van der Waals surface area (Å²) in [6.07, 6.45) is 5.28. The number of carbonyl (C=O) groups is 1. The molecule has 17 heavy (non-hydrogen) atoms. The summed E-state index contributed by atoms with van der Waals surface area (Å²) in [5.74, 6) is 0. The van der Waals surface area contributed by atoms with E-state index in [-0.39, 0.29) is 21.4 Å². The van der Waals surface area contributed by atoms with Crippen molar-refractivity contribution in [3.8, 4) is 0 Å². The number of carbonyl (C=O) groups excluding carboxylic acids is 1. The molecule has 0 amide bonds. The standard InChI is InChI=1S/C14H21OS2/c1-6-14(2,3)13(15)16-11-7-9-12(10-8-11)17(4)5/h7-10H,6H2,1-5H3/q+1. The van der Waals surface area contributed by atoms with E-state index >= 15 is 0 Å². The maximum absolute atomic E-state index is 12.0. The lowest BCUT2D eigenvalue weighted by Gasteiger charge is -2.19. The van der Waals surface area contributed by atoms with E-state index in [1.807, 2.05) is 13.8 Å². The summed E-state index contributed by atoms with van der Waals surface area (Å²) in [7, 11) is 0.287. The van der Waals surface area contributed by atoms with Crippen molar-refractivity contribution in [3.63, 3.8) is 0 Å². The van der Waals surface area contributed by atoms with Gasteiger partial charge in [0.05, 0.1) is 0 Å². The molecule has 0 radical (unpaired) electrons. The maximum atomic E-state index is 12.0. The van der Waals surface area contributed by atoms with E-state index in [1.165, 1.54) is 16.7 Å². The number of hydrogen-bond donors (Lipinski definition) is 0. The fourth-order valence-corrected chi connectivity index (χ4v) is 2.76. The van der Waals surface area contributed by atoms with Crippen molar-refractivity contribution >= 4 is 27.8 Å². The van der Waals surface area contributed by atoms with Crippen molar-refractivity contribution in [2.45, 2.75) is 37.0 Å². The largest absolute Gasteiger partial charge is 0.286 e. The second-order valence-corrected chi connectivity index (χ2v) is 8.07. The van der Waals surface area contributed by atoms with Gasteiger partial charge in [0.1, 0.15) is 12.5 Å². The van der Waals surface area contributed by atoms with Crippen molar-refractivity contribution in [3.05, 3.63) is 24.3 Å². The first-order valence-corrected chi connectivity index (χ1v) is 8.62. The molecule has 0 saturated heterocycles. The van der Waals surface area contributed by atoms with Gasteiger partial charge >= 0.3 is 0 Å². The third-order valence-corrected chi connectivity index (χ3v) is 5.40. The van der Waals surface area contributed by atoms with Gasteiger partial charge in [-0.3, -0.25) is 4.79 Å². The van der Waals surface area contributed by atoms with Crippen molar-refractivity contribution in [1.29, 1.82) is 0 Å². The van der Waals surface area contributed by atoms with Crippen LogP contribution in [-0.2, 0) is 15.7 Å². The van der Waals surface area contributed by atoms with Crippen LogP contribution in [0.2, 0.25) is 0 Å². The first kappa shape index (κ1) is 14.7. The second-order valence-electron chi connectivity index (χ2n) is 4.91. The summed E-state index contributed by atoms with van der Waals surface area (Å²) < 4.78 is 0. The lowest BCUT2D eigenvalue weighted by molar-refractivity contribution is -0.118. The topological polar surface area (TPSA) is 17.1 Å². The molecule has 94 valence electrons. The first-order valence-electron chi connectivity index (χ1n) is 5.77. The molecule has 0 heterocycles. The molecule has 1 nitrogen and oxygen atoms in total. The summed E-state index contributed by atoms with van der Waals surface area (Å²) in [5, 5.41) is 0.250. The van der Waals surface area contributed by atoms with Gasteiger partial charge < -0.3 is 0 Å². The minimum absolute atomic E-state index is 0.233. The summed E-state index contributed by atoms with van der Waals surface area (Å²) in [6, 6.07) is 8.35. The van der Waals surface area contributed by atoms with E-state index in [9.17, 15) is 4.79 Å². The van der Waals surface area contributed by atoms with Gasteiger partial charge in [-0.1, -0.05) is 32.5 Å². The van der Waals surface area contributed by atoms with E-state index in [2.05, 4.69) is 43.7 Å². The molecule has 1 rings (SSSR count). The molecule has 0 saturated carbocycles. The van der Waals surface area contributed by atoms with E-state index in [0.29, 0.717) is 0 Å². The molecule has 0 bridgehead atoms. The number of rotatable bonds is 4. The molecule has 0 spiro atoms. The summed E-state index contributed by atoms with van der Waals surface area (Å²) >= 11 is 1.36. The Labute approximate surface area is 112 Å². The van der Waals surface area contributed by atoms with Crippen LogP contribution in [0, 0.1) is 5.41 Å². The van der Waals surface area contributed by atoms with E-state index in [4.69, 9.17) is 0 Å². The molecule has 0 fully saturated rings. The molecular formula is C14H21OS2+. The molecular weight excluding hydrogens is 248 g/mol. The minimum atomic E-state index is -0.233. The highest BCUT2D eigenvalue weighted by atomic mass is 32.2. The van der Waals surface area contributed by atoms with E-state index in [0.717, 1.165) is 11.3 Å². The van der Waals surface area contributed by atoms with Gasteiger partial charge in [0.15, 0.2) is 10.0 Å². The molecule has 0 atom stereocenters. The van der Waals surface area contributed by atoms with Crippen molar-refractivity contribution < 1.29 is 4.79 Å². The molecule has 0 unspecified atom stereocenters. The predicted octanol–water partition coefficient (Wildman–Crippen LogP) is 3.98. The average molecular weight is 269 g/mol. The summed E-state index contributed by atoms with van der Waals surface area (Å²) in [5.41, 5.74) is -0.233. The smallest absolute Gasteiger partial charge is 0.199 e. The van der Waals surface area contributed by atoms with E-state index < -0.39 is 0 Å². The van der Waals surface area contributed by atoms with Crippen LogP contribution in [-0.4, -0.2) is 17.6 Å². The highest BCUT2D eigenvalue weighted by Gasteiger charge is 2.26. The van der Waals surface area contributed by atoms with Crippen LogP contribution < -0.4 is 0 Å². The van der Waals surface area contributed by atoms with Crippen molar-refractivity contribution in [2.75, 3.05) is 12.5 Å². The van der Waals surface area contributed by atoms with Crippen LogP contribution in [0.15, 0.2) is 34.1 Å². The fraction of sp³-hybridized carbons (Fsp3) is 0.500. The Balaban J connectivity index is 2.73. The third-order valence-electron chi connectivity index (χ3n) is 2.94. The van der Waals surface area contributed by atoms with Gasteiger partial charge in [-0.05, 0) is 30.7 Å². The normalized spacial score (nSPS) is 11.9. The molecule has 0 aromatic heterocycles. The lowest BCUT2D eigenvalue weighted by atomic mass is 9.92. The average Bonchev–Trinajstić information content (AvgIpc) is 2.29. The monoisotopic (exact) mass is 269 g/mol. The molecule has 0 N–H and O–H groups in total. The van der Waals surface area contributed by atoms with E-state index in [1.54, 1.807) is 0 Å². The fourth-order valence-electron chi connectivity index (χ4n) is 1.17. The lowest BCUT2D eigenvalue weighted by Crippen LogP contribution is -2.19. The van der Waals surface area contributed by atoms with Crippen LogP contribution in [0.5, 0.6) is 0 Å². The molecule has 0 aliphatic rings. The van der Waals surface area contributed by atoms with Gasteiger partial charge in [0.25, 0.3) is 0 Å². The molecule has 0 aliphatic heterocycles. The maximum Gasteiger partial charge on any atom is 0.199 e. The Morgan fingerprint density at radius 2 is 1.76 bits per heavy atom. The highest BCUT2D eigenvalue weighted by molar-refractivity contribution is 8.13. The zero-order chi connectivity index (χ0) is 13.1. The summed E-state index contributed by atoms with van der Waals surface area (Å²) in [6.45, 7) is 6.07. The van der Waals surface area contributed by atoms with Gasteiger partial charge in [-0.15, -0.1) is 0 Å². The Kier molecular flexibility index (Phi) is 5.14.